The van der Waals surface area contributed by atoms with Gasteiger partial charge in [-0.05, 0) is 32.0 Å². The molecule has 6 heteroatoms. The molecule has 1 heterocycles. The number of amides is 1. The highest BCUT2D eigenvalue weighted by atomic mass is 16.5. The third kappa shape index (κ3) is 2.59. The van der Waals surface area contributed by atoms with Crippen molar-refractivity contribution >= 4 is 11.7 Å². The molecule has 106 valence electrons. The topological polar surface area (TPSA) is 76.2 Å². The number of methoxy groups -OCH3 is 2. The van der Waals surface area contributed by atoms with Crippen LogP contribution >= 0.6 is 0 Å². The zero-order valence-electron chi connectivity index (χ0n) is 11.9. The lowest BCUT2D eigenvalue weighted by molar-refractivity contribution is 0.102. The van der Waals surface area contributed by atoms with Crippen LogP contribution in [0, 0.1) is 13.8 Å². The molecule has 0 saturated heterocycles. The van der Waals surface area contributed by atoms with E-state index >= 15 is 0 Å². The lowest BCUT2D eigenvalue weighted by atomic mass is 10.1. The number of hydrogen-bond donors (Lipinski definition) is 2. The Bertz CT molecular complexity index is 635. The largest absolute Gasteiger partial charge is 0.497 e. The number of carbonyl (C=O) groups is 1. The molecule has 0 fully saturated rings. The summed E-state index contributed by atoms with van der Waals surface area (Å²) in [6.45, 7) is 3.78. The molecule has 0 aliphatic heterocycles. The van der Waals surface area contributed by atoms with Crippen molar-refractivity contribution < 1.29 is 14.3 Å². The van der Waals surface area contributed by atoms with Crippen molar-refractivity contribution in [3.05, 3.63) is 35.0 Å². The van der Waals surface area contributed by atoms with Crippen molar-refractivity contribution in [2.24, 2.45) is 0 Å². The van der Waals surface area contributed by atoms with Crippen LogP contribution in [0.2, 0.25) is 0 Å². The summed E-state index contributed by atoms with van der Waals surface area (Å²) in [7, 11) is 3.06. The SMILES string of the molecule is COc1ccc(OC)c(C(=O)Nc2n[nH]c(C)c2C)c1. The second-order valence-corrected chi connectivity index (χ2v) is 4.34. The maximum Gasteiger partial charge on any atom is 0.260 e. The molecular formula is C14H17N3O3. The molecule has 0 atom stereocenters. The van der Waals surface area contributed by atoms with Crippen LogP contribution in [0.15, 0.2) is 18.2 Å². The summed E-state index contributed by atoms with van der Waals surface area (Å²) in [6, 6.07) is 5.05. The maximum atomic E-state index is 12.3. The summed E-state index contributed by atoms with van der Waals surface area (Å²) in [5, 5.41) is 9.63. The highest BCUT2D eigenvalue weighted by Gasteiger charge is 2.16. The fraction of sp³-hybridized carbons (Fsp3) is 0.286. The van der Waals surface area contributed by atoms with E-state index < -0.39 is 0 Å². The minimum absolute atomic E-state index is 0.296. The number of ether oxygens (including phenoxy) is 2. The Hall–Kier alpha value is -2.50. The highest BCUT2D eigenvalue weighted by Crippen LogP contribution is 2.25. The van der Waals surface area contributed by atoms with Crippen molar-refractivity contribution in [2.75, 3.05) is 19.5 Å². The highest BCUT2D eigenvalue weighted by molar-refractivity contribution is 6.06. The van der Waals surface area contributed by atoms with Crippen molar-refractivity contribution in [2.45, 2.75) is 13.8 Å². The smallest absolute Gasteiger partial charge is 0.260 e. The van der Waals surface area contributed by atoms with Crippen molar-refractivity contribution in [1.29, 1.82) is 0 Å². The fourth-order valence-electron chi connectivity index (χ4n) is 1.77. The molecule has 2 rings (SSSR count). The molecule has 2 aromatic rings. The van der Waals surface area contributed by atoms with E-state index in [2.05, 4.69) is 15.5 Å². The zero-order chi connectivity index (χ0) is 14.7. The Labute approximate surface area is 117 Å². The third-order valence-electron chi connectivity index (χ3n) is 3.14. The summed E-state index contributed by atoms with van der Waals surface area (Å²) in [6.07, 6.45) is 0. The predicted octanol–water partition coefficient (Wildman–Crippen LogP) is 2.30. The molecule has 0 radical (unpaired) electrons. The summed E-state index contributed by atoms with van der Waals surface area (Å²) in [5.74, 6) is 1.28. The lowest BCUT2D eigenvalue weighted by Crippen LogP contribution is -2.14. The van der Waals surface area contributed by atoms with E-state index in [-0.39, 0.29) is 5.91 Å². The third-order valence-corrected chi connectivity index (χ3v) is 3.14. The first-order chi connectivity index (χ1) is 9.56. The van der Waals surface area contributed by atoms with Crippen LogP contribution in [0.4, 0.5) is 5.82 Å². The van der Waals surface area contributed by atoms with Gasteiger partial charge < -0.3 is 14.8 Å². The number of nitrogens with one attached hydrogen (secondary N) is 2. The van der Waals surface area contributed by atoms with E-state index in [0.717, 1.165) is 11.3 Å². The van der Waals surface area contributed by atoms with Gasteiger partial charge in [0, 0.05) is 11.3 Å². The average molecular weight is 275 g/mol. The van der Waals surface area contributed by atoms with Gasteiger partial charge in [0.15, 0.2) is 5.82 Å². The molecule has 0 spiro atoms. The molecule has 6 nitrogen and oxygen atoms in total. The van der Waals surface area contributed by atoms with Gasteiger partial charge in [0.05, 0.1) is 19.8 Å². The Morgan fingerprint density at radius 1 is 1.25 bits per heavy atom. The Morgan fingerprint density at radius 2 is 2.00 bits per heavy atom. The van der Waals surface area contributed by atoms with Crippen molar-refractivity contribution in [3.8, 4) is 11.5 Å². The summed E-state index contributed by atoms with van der Waals surface area (Å²) >= 11 is 0. The molecule has 1 aromatic heterocycles. The van der Waals surface area contributed by atoms with E-state index in [1.54, 1.807) is 25.3 Å². The zero-order valence-corrected chi connectivity index (χ0v) is 11.9. The normalized spacial score (nSPS) is 10.2. The van der Waals surface area contributed by atoms with Crippen LogP contribution < -0.4 is 14.8 Å². The van der Waals surface area contributed by atoms with Gasteiger partial charge in [-0.25, -0.2) is 0 Å². The van der Waals surface area contributed by atoms with E-state index in [0.29, 0.717) is 22.9 Å². The number of carbonyl (C=O) groups excluding carboxylic acids is 1. The minimum Gasteiger partial charge on any atom is -0.497 e. The Morgan fingerprint density at radius 3 is 2.55 bits per heavy atom. The second kappa shape index (κ2) is 5.64. The van der Waals surface area contributed by atoms with Gasteiger partial charge in [-0.15, -0.1) is 0 Å². The van der Waals surface area contributed by atoms with E-state index in [1.807, 2.05) is 13.8 Å². The molecule has 1 amide bonds. The molecule has 2 N–H and O–H groups in total. The van der Waals surface area contributed by atoms with Crippen LogP contribution in [0.3, 0.4) is 0 Å². The van der Waals surface area contributed by atoms with Crippen LogP contribution in [0.25, 0.3) is 0 Å². The van der Waals surface area contributed by atoms with Crippen LogP contribution in [0.1, 0.15) is 21.6 Å². The summed E-state index contributed by atoms with van der Waals surface area (Å²) < 4.78 is 10.3. The molecule has 0 bridgehead atoms. The van der Waals surface area contributed by atoms with E-state index in [1.165, 1.54) is 7.11 Å². The molecule has 0 aliphatic carbocycles. The van der Waals surface area contributed by atoms with Crippen LogP contribution in [-0.2, 0) is 0 Å². The summed E-state index contributed by atoms with van der Waals surface area (Å²) in [4.78, 5) is 12.3. The first kappa shape index (κ1) is 13.9. The number of hydrogen-bond acceptors (Lipinski definition) is 4. The number of H-pyrrole nitrogens is 1. The Balaban J connectivity index is 2.30. The molecular weight excluding hydrogens is 258 g/mol. The number of aromatic amines is 1. The average Bonchev–Trinajstić information content (AvgIpc) is 2.78. The number of anilines is 1. The van der Waals surface area contributed by atoms with Gasteiger partial charge in [-0.1, -0.05) is 0 Å². The van der Waals surface area contributed by atoms with Crippen LogP contribution in [0.5, 0.6) is 11.5 Å². The second-order valence-electron chi connectivity index (χ2n) is 4.34. The number of aromatic nitrogens is 2. The maximum absolute atomic E-state index is 12.3. The van der Waals surface area contributed by atoms with Gasteiger partial charge in [0.2, 0.25) is 0 Å². The molecule has 20 heavy (non-hydrogen) atoms. The van der Waals surface area contributed by atoms with Gasteiger partial charge in [-0.3, -0.25) is 9.89 Å². The molecule has 0 aliphatic rings. The Kier molecular flexibility index (Phi) is 3.93. The van der Waals surface area contributed by atoms with Gasteiger partial charge in [-0.2, -0.15) is 5.10 Å². The monoisotopic (exact) mass is 275 g/mol. The van der Waals surface area contributed by atoms with E-state index in [4.69, 9.17) is 9.47 Å². The van der Waals surface area contributed by atoms with Crippen LogP contribution in [-0.4, -0.2) is 30.3 Å². The number of benzene rings is 1. The van der Waals surface area contributed by atoms with Gasteiger partial charge in [0.1, 0.15) is 11.5 Å². The predicted molar refractivity (Wildman–Crippen MR) is 75.6 cm³/mol. The number of nitrogens with zero attached hydrogens (tertiary/aromatic N) is 1. The lowest BCUT2D eigenvalue weighted by Gasteiger charge is -2.10. The molecule has 0 unspecified atom stereocenters. The standard InChI is InChI=1S/C14H17N3O3/c1-8-9(2)16-17-13(8)15-14(18)11-7-10(19-3)5-6-12(11)20-4/h5-7H,1-4H3,(H2,15,16,17,18). The molecule has 1 aromatic carbocycles. The quantitative estimate of drug-likeness (QED) is 0.897. The fourth-order valence-corrected chi connectivity index (χ4v) is 1.77. The van der Waals surface area contributed by atoms with Crippen molar-refractivity contribution in [3.63, 3.8) is 0 Å². The van der Waals surface area contributed by atoms with Gasteiger partial charge in [0.25, 0.3) is 5.91 Å². The summed E-state index contributed by atoms with van der Waals surface area (Å²) in [5.41, 5.74) is 2.21. The first-order valence-corrected chi connectivity index (χ1v) is 6.11. The number of aryl methyl sites for hydroxylation is 1. The minimum atomic E-state index is -0.296. The van der Waals surface area contributed by atoms with Gasteiger partial charge >= 0.3 is 0 Å². The number of rotatable bonds is 4. The van der Waals surface area contributed by atoms with E-state index in [9.17, 15) is 4.79 Å². The molecule has 0 saturated carbocycles. The van der Waals surface area contributed by atoms with Crippen molar-refractivity contribution in [1.82, 2.24) is 10.2 Å². The first-order valence-electron chi connectivity index (χ1n) is 6.11.